The molecule has 1 N–H and O–H groups in total. The van der Waals surface area contributed by atoms with Gasteiger partial charge >= 0.3 is 0 Å². The standard InChI is InChI=1S/C25H19BrClNO4/c1-14-11-18(12-15(2)22(14)27)31-13-21(29)28-23-19-5-3-4-6-20(19)32-25(23)24(30)16-7-9-17(26)10-8-16/h3-12H,13H2,1-2H3,(H,28,29). The van der Waals surface area contributed by atoms with Gasteiger partial charge in [0, 0.05) is 20.4 Å². The number of benzene rings is 3. The third kappa shape index (κ3) is 4.56. The van der Waals surface area contributed by atoms with Gasteiger partial charge < -0.3 is 14.5 Å². The molecular formula is C25H19BrClNO4. The molecule has 5 nitrogen and oxygen atoms in total. The second kappa shape index (κ2) is 9.18. The topological polar surface area (TPSA) is 68.5 Å². The highest BCUT2D eigenvalue weighted by atomic mass is 79.9. The first-order chi connectivity index (χ1) is 15.3. The van der Waals surface area contributed by atoms with Gasteiger partial charge in [0.1, 0.15) is 11.3 Å². The van der Waals surface area contributed by atoms with E-state index in [0.29, 0.717) is 33.0 Å². The highest BCUT2D eigenvalue weighted by Gasteiger charge is 2.23. The van der Waals surface area contributed by atoms with Crippen LogP contribution >= 0.6 is 27.5 Å². The second-order valence-corrected chi connectivity index (χ2v) is 8.64. The van der Waals surface area contributed by atoms with Gasteiger partial charge in [-0.15, -0.1) is 0 Å². The van der Waals surface area contributed by atoms with Crippen LogP contribution in [0.1, 0.15) is 27.2 Å². The van der Waals surface area contributed by atoms with Gasteiger partial charge in [-0.1, -0.05) is 39.7 Å². The number of ketones is 1. The van der Waals surface area contributed by atoms with Crippen LogP contribution in [0.5, 0.6) is 5.75 Å². The van der Waals surface area contributed by atoms with E-state index < -0.39 is 5.91 Å². The van der Waals surface area contributed by atoms with Crippen molar-refractivity contribution in [2.24, 2.45) is 0 Å². The molecule has 32 heavy (non-hydrogen) atoms. The zero-order valence-corrected chi connectivity index (χ0v) is 19.7. The molecule has 0 fully saturated rings. The van der Waals surface area contributed by atoms with Crippen molar-refractivity contribution in [1.82, 2.24) is 0 Å². The van der Waals surface area contributed by atoms with Crippen LogP contribution in [0, 0.1) is 13.8 Å². The molecule has 0 aliphatic carbocycles. The van der Waals surface area contributed by atoms with Gasteiger partial charge in [-0.3, -0.25) is 9.59 Å². The van der Waals surface area contributed by atoms with E-state index >= 15 is 0 Å². The monoisotopic (exact) mass is 511 g/mol. The van der Waals surface area contributed by atoms with Gasteiger partial charge in [-0.2, -0.15) is 0 Å². The van der Waals surface area contributed by atoms with E-state index in [1.807, 2.05) is 19.9 Å². The number of ether oxygens (including phenoxy) is 1. The molecule has 4 aromatic rings. The van der Waals surface area contributed by atoms with Gasteiger partial charge in [0.05, 0.1) is 5.69 Å². The summed E-state index contributed by atoms with van der Waals surface area (Å²) in [7, 11) is 0. The van der Waals surface area contributed by atoms with Crippen molar-refractivity contribution in [1.29, 1.82) is 0 Å². The third-order valence-electron chi connectivity index (χ3n) is 4.95. The molecule has 0 saturated heterocycles. The molecule has 0 atom stereocenters. The molecule has 162 valence electrons. The van der Waals surface area contributed by atoms with E-state index in [-0.39, 0.29) is 18.2 Å². The lowest BCUT2D eigenvalue weighted by Crippen LogP contribution is -2.21. The van der Waals surface area contributed by atoms with Crippen molar-refractivity contribution in [3.63, 3.8) is 0 Å². The predicted octanol–water partition coefficient (Wildman–Crippen LogP) is 6.71. The van der Waals surface area contributed by atoms with Gasteiger partial charge in [0.2, 0.25) is 5.78 Å². The normalized spacial score (nSPS) is 10.9. The van der Waals surface area contributed by atoms with Crippen LogP contribution in [0.3, 0.4) is 0 Å². The lowest BCUT2D eigenvalue weighted by molar-refractivity contribution is -0.118. The quantitative estimate of drug-likeness (QED) is 0.291. The lowest BCUT2D eigenvalue weighted by Gasteiger charge is -2.10. The van der Waals surface area contributed by atoms with Gasteiger partial charge in [0.15, 0.2) is 12.4 Å². The Labute approximate surface area is 198 Å². The van der Waals surface area contributed by atoms with Crippen molar-refractivity contribution in [2.45, 2.75) is 13.8 Å². The Bertz CT molecular complexity index is 1300. The molecule has 1 heterocycles. The summed E-state index contributed by atoms with van der Waals surface area (Å²) in [6.07, 6.45) is 0. The van der Waals surface area contributed by atoms with Gasteiger partial charge in [-0.25, -0.2) is 0 Å². The summed E-state index contributed by atoms with van der Waals surface area (Å²) in [4.78, 5) is 25.8. The first-order valence-corrected chi connectivity index (χ1v) is 11.0. The van der Waals surface area contributed by atoms with E-state index in [1.165, 1.54) is 0 Å². The summed E-state index contributed by atoms with van der Waals surface area (Å²) < 4.78 is 12.3. The van der Waals surface area contributed by atoms with Crippen LogP contribution in [-0.2, 0) is 4.79 Å². The van der Waals surface area contributed by atoms with E-state index in [1.54, 1.807) is 54.6 Å². The Kier molecular flexibility index (Phi) is 6.35. The maximum atomic E-state index is 13.1. The van der Waals surface area contributed by atoms with E-state index in [2.05, 4.69) is 21.2 Å². The fourth-order valence-corrected chi connectivity index (χ4v) is 3.75. The number of carbonyl (C=O) groups is 2. The maximum Gasteiger partial charge on any atom is 0.262 e. The first-order valence-electron chi connectivity index (χ1n) is 9.84. The Morgan fingerprint density at radius 1 is 1.03 bits per heavy atom. The summed E-state index contributed by atoms with van der Waals surface area (Å²) in [5, 5.41) is 4.10. The minimum atomic E-state index is -0.410. The predicted molar refractivity (Wildman–Crippen MR) is 129 cm³/mol. The number of rotatable bonds is 6. The smallest absolute Gasteiger partial charge is 0.262 e. The number of amides is 1. The highest BCUT2D eigenvalue weighted by molar-refractivity contribution is 9.10. The molecule has 0 unspecified atom stereocenters. The van der Waals surface area contributed by atoms with Crippen LogP contribution in [0.15, 0.2) is 69.6 Å². The number of anilines is 1. The molecule has 4 rings (SSSR count). The van der Waals surface area contributed by atoms with Gasteiger partial charge in [0.25, 0.3) is 5.91 Å². The number of halogens is 2. The zero-order chi connectivity index (χ0) is 22.8. The zero-order valence-electron chi connectivity index (χ0n) is 17.4. The summed E-state index contributed by atoms with van der Waals surface area (Å²) in [6.45, 7) is 3.52. The van der Waals surface area contributed by atoms with E-state index in [9.17, 15) is 9.59 Å². The molecule has 1 aromatic heterocycles. The third-order valence-corrected chi connectivity index (χ3v) is 6.08. The second-order valence-electron chi connectivity index (χ2n) is 7.35. The van der Waals surface area contributed by atoms with Crippen LogP contribution in [-0.4, -0.2) is 18.3 Å². The molecule has 0 saturated carbocycles. The minimum absolute atomic E-state index is 0.0695. The molecule has 0 radical (unpaired) electrons. The minimum Gasteiger partial charge on any atom is -0.484 e. The number of hydrogen-bond donors (Lipinski definition) is 1. The fraction of sp³-hybridized carbons (Fsp3) is 0.120. The molecule has 0 aliphatic heterocycles. The van der Waals surface area contributed by atoms with Crippen molar-refractivity contribution in [2.75, 3.05) is 11.9 Å². The maximum absolute atomic E-state index is 13.1. The molecule has 3 aromatic carbocycles. The highest BCUT2D eigenvalue weighted by Crippen LogP contribution is 2.33. The van der Waals surface area contributed by atoms with Crippen LogP contribution < -0.4 is 10.1 Å². The largest absolute Gasteiger partial charge is 0.484 e. The van der Waals surface area contributed by atoms with E-state index in [0.717, 1.165) is 15.6 Å². The number of furan rings is 1. The number of nitrogens with one attached hydrogen (secondary N) is 1. The number of hydrogen-bond acceptors (Lipinski definition) is 4. The Morgan fingerprint density at radius 3 is 2.38 bits per heavy atom. The number of aryl methyl sites for hydroxylation is 2. The van der Waals surface area contributed by atoms with E-state index in [4.69, 9.17) is 20.8 Å². The summed E-state index contributed by atoms with van der Waals surface area (Å²) >= 11 is 9.55. The molecule has 7 heteroatoms. The Morgan fingerprint density at radius 2 is 1.69 bits per heavy atom. The number of carbonyl (C=O) groups excluding carboxylic acids is 2. The SMILES string of the molecule is Cc1cc(OCC(=O)Nc2c(C(=O)c3ccc(Br)cc3)oc3ccccc23)cc(C)c1Cl. The summed E-state index contributed by atoms with van der Waals surface area (Å²) in [5.74, 6) is -0.122. The summed E-state index contributed by atoms with van der Waals surface area (Å²) in [6, 6.07) is 17.7. The van der Waals surface area contributed by atoms with Crippen molar-refractivity contribution in [3.05, 3.63) is 92.6 Å². The van der Waals surface area contributed by atoms with Crippen LogP contribution in [0.4, 0.5) is 5.69 Å². The number of para-hydroxylation sites is 1. The molecular weight excluding hydrogens is 494 g/mol. The van der Waals surface area contributed by atoms with Gasteiger partial charge in [-0.05, 0) is 73.5 Å². The first kappa shape index (κ1) is 22.1. The number of fused-ring (bicyclic) bond motifs is 1. The fourth-order valence-electron chi connectivity index (χ4n) is 3.38. The molecule has 0 bridgehead atoms. The molecule has 1 amide bonds. The molecule has 0 aliphatic rings. The summed E-state index contributed by atoms with van der Waals surface area (Å²) in [5.41, 5.74) is 3.01. The average molecular weight is 513 g/mol. The van der Waals surface area contributed by atoms with Crippen molar-refractivity contribution >= 4 is 55.9 Å². The van der Waals surface area contributed by atoms with Crippen LogP contribution in [0.2, 0.25) is 5.02 Å². The van der Waals surface area contributed by atoms with Crippen molar-refractivity contribution in [3.8, 4) is 5.75 Å². The average Bonchev–Trinajstić information content (AvgIpc) is 3.14. The van der Waals surface area contributed by atoms with Crippen molar-refractivity contribution < 1.29 is 18.7 Å². The Hall–Kier alpha value is -3.09. The Balaban J connectivity index is 1.59. The lowest BCUT2D eigenvalue weighted by atomic mass is 10.1. The van der Waals surface area contributed by atoms with Crippen LogP contribution in [0.25, 0.3) is 11.0 Å². The molecule has 0 spiro atoms.